The van der Waals surface area contributed by atoms with Crippen molar-refractivity contribution in [1.82, 2.24) is 4.90 Å². The van der Waals surface area contributed by atoms with Gasteiger partial charge < -0.3 is 9.64 Å². The van der Waals surface area contributed by atoms with Crippen LogP contribution in [0.3, 0.4) is 0 Å². The van der Waals surface area contributed by atoms with Gasteiger partial charge in [0.05, 0.1) is 12.7 Å². The van der Waals surface area contributed by atoms with Crippen molar-refractivity contribution in [2.45, 2.75) is 19.8 Å². The van der Waals surface area contributed by atoms with Gasteiger partial charge in [-0.05, 0) is 17.5 Å². The van der Waals surface area contributed by atoms with Crippen LogP contribution in [0.15, 0.2) is 18.2 Å². The second-order valence-electron chi connectivity index (χ2n) is 4.28. The molecule has 0 N–H and O–H groups in total. The van der Waals surface area contributed by atoms with Crippen LogP contribution in [0.4, 0.5) is 0 Å². The standard InChI is InChI=1S/C13H19NO2/c1-9(2)10-7-6-8-11(12(10)16-5)13(15)14(3)4/h6-9H,1-5H3. The molecule has 0 fully saturated rings. The van der Waals surface area contributed by atoms with Crippen LogP contribution in [0.1, 0.15) is 35.7 Å². The summed E-state index contributed by atoms with van der Waals surface area (Å²) in [5.41, 5.74) is 1.69. The fraction of sp³-hybridized carbons (Fsp3) is 0.462. The highest BCUT2D eigenvalue weighted by molar-refractivity contribution is 5.97. The molecular formula is C13H19NO2. The van der Waals surface area contributed by atoms with E-state index < -0.39 is 0 Å². The maximum Gasteiger partial charge on any atom is 0.257 e. The summed E-state index contributed by atoms with van der Waals surface area (Å²) < 4.78 is 5.36. The highest BCUT2D eigenvalue weighted by Gasteiger charge is 2.18. The molecule has 0 aromatic heterocycles. The summed E-state index contributed by atoms with van der Waals surface area (Å²) in [6.45, 7) is 4.17. The van der Waals surface area contributed by atoms with Gasteiger partial charge in [-0.3, -0.25) is 4.79 Å². The van der Waals surface area contributed by atoms with E-state index in [1.807, 2.05) is 12.1 Å². The molecule has 3 nitrogen and oxygen atoms in total. The third-order valence-corrected chi connectivity index (χ3v) is 2.51. The van der Waals surface area contributed by atoms with Crippen LogP contribution in [-0.4, -0.2) is 32.0 Å². The Labute approximate surface area is 97.0 Å². The molecule has 0 bridgehead atoms. The molecule has 16 heavy (non-hydrogen) atoms. The van der Waals surface area contributed by atoms with Gasteiger partial charge in [-0.1, -0.05) is 26.0 Å². The van der Waals surface area contributed by atoms with E-state index in [1.54, 1.807) is 32.2 Å². The number of para-hydroxylation sites is 1. The first-order valence-corrected chi connectivity index (χ1v) is 5.37. The van der Waals surface area contributed by atoms with Crippen LogP contribution in [0.2, 0.25) is 0 Å². The van der Waals surface area contributed by atoms with E-state index in [-0.39, 0.29) is 5.91 Å². The number of methoxy groups -OCH3 is 1. The minimum Gasteiger partial charge on any atom is -0.496 e. The molecule has 0 atom stereocenters. The average molecular weight is 221 g/mol. The van der Waals surface area contributed by atoms with Gasteiger partial charge >= 0.3 is 0 Å². The second-order valence-corrected chi connectivity index (χ2v) is 4.28. The molecule has 88 valence electrons. The second kappa shape index (κ2) is 5.01. The maximum atomic E-state index is 11.9. The first kappa shape index (κ1) is 12.6. The number of rotatable bonds is 3. The Bertz CT molecular complexity index is 384. The molecule has 0 heterocycles. The summed E-state index contributed by atoms with van der Waals surface area (Å²) in [5, 5.41) is 0. The molecule has 0 aliphatic heterocycles. The third-order valence-electron chi connectivity index (χ3n) is 2.51. The molecule has 0 saturated carbocycles. The number of nitrogens with zero attached hydrogens (tertiary/aromatic N) is 1. The lowest BCUT2D eigenvalue weighted by Gasteiger charge is -2.17. The molecule has 0 aliphatic carbocycles. The van der Waals surface area contributed by atoms with Crippen LogP contribution in [-0.2, 0) is 0 Å². The van der Waals surface area contributed by atoms with Gasteiger partial charge in [0.1, 0.15) is 5.75 Å². The fourth-order valence-electron chi connectivity index (χ4n) is 1.65. The highest BCUT2D eigenvalue weighted by Crippen LogP contribution is 2.30. The van der Waals surface area contributed by atoms with E-state index in [9.17, 15) is 4.79 Å². The van der Waals surface area contributed by atoms with E-state index in [1.165, 1.54) is 0 Å². The molecular weight excluding hydrogens is 202 g/mol. The van der Waals surface area contributed by atoms with Gasteiger partial charge in [-0.2, -0.15) is 0 Å². The number of carbonyl (C=O) groups is 1. The number of hydrogen-bond acceptors (Lipinski definition) is 2. The molecule has 1 rings (SSSR count). The predicted octanol–water partition coefficient (Wildman–Crippen LogP) is 2.52. The van der Waals surface area contributed by atoms with Crippen molar-refractivity contribution in [2.75, 3.05) is 21.2 Å². The normalized spacial score (nSPS) is 10.4. The third kappa shape index (κ3) is 2.35. The molecule has 1 aromatic carbocycles. The zero-order valence-electron chi connectivity index (χ0n) is 10.6. The number of carbonyl (C=O) groups excluding carboxylic acids is 1. The number of ether oxygens (including phenoxy) is 1. The quantitative estimate of drug-likeness (QED) is 0.785. The lowest BCUT2D eigenvalue weighted by molar-refractivity contribution is 0.0824. The summed E-state index contributed by atoms with van der Waals surface area (Å²) in [6.07, 6.45) is 0. The monoisotopic (exact) mass is 221 g/mol. The van der Waals surface area contributed by atoms with Gasteiger partial charge in [0.2, 0.25) is 0 Å². The van der Waals surface area contributed by atoms with Crippen molar-refractivity contribution in [2.24, 2.45) is 0 Å². The van der Waals surface area contributed by atoms with Crippen LogP contribution in [0.25, 0.3) is 0 Å². The largest absolute Gasteiger partial charge is 0.496 e. The topological polar surface area (TPSA) is 29.5 Å². The van der Waals surface area contributed by atoms with Crippen LogP contribution in [0, 0.1) is 0 Å². The van der Waals surface area contributed by atoms with E-state index in [0.717, 1.165) is 5.56 Å². The minimum absolute atomic E-state index is 0.0284. The maximum absolute atomic E-state index is 11.9. The first-order chi connectivity index (χ1) is 7.49. The van der Waals surface area contributed by atoms with Crippen LogP contribution < -0.4 is 4.74 Å². The summed E-state index contributed by atoms with van der Waals surface area (Å²) in [6, 6.07) is 5.69. The molecule has 0 aliphatic rings. The SMILES string of the molecule is COc1c(C(=O)N(C)C)cccc1C(C)C. The Hall–Kier alpha value is -1.51. The number of hydrogen-bond donors (Lipinski definition) is 0. The molecule has 3 heteroatoms. The Morgan fingerprint density at radius 3 is 2.38 bits per heavy atom. The summed E-state index contributed by atoms with van der Waals surface area (Å²) in [4.78, 5) is 13.5. The average Bonchev–Trinajstić information content (AvgIpc) is 2.26. The fourth-order valence-corrected chi connectivity index (χ4v) is 1.65. The van der Waals surface area contributed by atoms with Crippen LogP contribution >= 0.6 is 0 Å². The zero-order chi connectivity index (χ0) is 12.3. The Kier molecular flexibility index (Phi) is 3.93. The lowest BCUT2D eigenvalue weighted by Crippen LogP contribution is -2.22. The van der Waals surface area contributed by atoms with E-state index >= 15 is 0 Å². The zero-order valence-corrected chi connectivity index (χ0v) is 10.6. The Morgan fingerprint density at radius 2 is 1.94 bits per heavy atom. The van der Waals surface area contributed by atoms with Crippen molar-refractivity contribution < 1.29 is 9.53 Å². The van der Waals surface area contributed by atoms with Crippen molar-refractivity contribution in [3.05, 3.63) is 29.3 Å². The van der Waals surface area contributed by atoms with Gasteiger partial charge in [0, 0.05) is 14.1 Å². The molecule has 1 amide bonds. The lowest BCUT2D eigenvalue weighted by atomic mass is 9.98. The Balaban J connectivity index is 3.29. The van der Waals surface area contributed by atoms with Crippen LogP contribution in [0.5, 0.6) is 5.75 Å². The minimum atomic E-state index is -0.0284. The summed E-state index contributed by atoms with van der Waals surface area (Å²) in [7, 11) is 5.08. The van der Waals surface area contributed by atoms with Gasteiger partial charge in [-0.25, -0.2) is 0 Å². The summed E-state index contributed by atoms with van der Waals surface area (Å²) in [5.74, 6) is 1.00. The molecule has 0 unspecified atom stereocenters. The van der Waals surface area contributed by atoms with E-state index in [2.05, 4.69) is 13.8 Å². The van der Waals surface area contributed by atoms with Crippen molar-refractivity contribution >= 4 is 5.91 Å². The van der Waals surface area contributed by atoms with Crippen molar-refractivity contribution in [1.29, 1.82) is 0 Å². The molecule has 0 radical (unpaired) electrons. The number of benzene rings is 1. The van der Waals surface area contributed by atoms with Gasteiger partial charge in [0.25, 0.3) is 5.91 Å². The van der Waals surface area contributed by atoms with Crippen molar-refractivity contribution in [3.63, 3.8) is 0 Å². The summed E-state index contributed by atoms with van der Waals surface area (Å²) >= 11 is 0. The molecule has 1 aromatic rings. The molecule has 0 saturated heterocycles. The van der Waals surface area contributed by atoms with E-state index in [0.29, 0.717) is 17.2 Å². The van der Waals surface area contributed by atoms with Crippen molar-refractivity contribution in [3.8, 4) is 5.75 Å². The van der Waals surface area contributed by atoms with Gasteiger partial charge in [-0.15, -0.1) is 0 Å². The number of amides is 1. The molecule has 0 spiro atoms. The smallest absolute Gasteiger partial charge is 0.257 e. The van der Waals surface area contributed by atoms with E-state index in [4.69, 9.17) is 4.74 Å². The highest BCUT2D eigenvalue weighted by atomic mass is 16.5. The first-order valence-electron chi connectivity index (χ1n) is 5.37. The predicted molar refractivity (Wildman–Crippen MR) is 65.1 cm³/mol. The Morgan fingerprint density at radius 1 is 1.31 bits per heavy atom. The van der Waals surface area contributed by atoms with Gasteiger partial charge in [0.15, 0.2) is 0 Å².